The topological polar surface area (TPSA) is 38.3 Å². The molecule has 0 aliphatic rings. The van der Waals surface area contributed by atoms with Crippen molar-refractivity contribution in [3.63, 3.8) is 0 Å². The minimum atomic E-state index is -0.294. The lowest BCUT2D eigenvalue weighted by Crippen LogP contribution is -2.29. The molecule has 1 rings (SSSR count). The van der Waals surface area contributed by atoms with Gasteiger partial charge in [0.15, 0.2) is 0 Å². The number of benzene rings is 1. The molecule has 0 aliphatic carbocycles. The number of nitrogens with one attached hydrogen (secondary N) is 1. The van der Waals surface area contributed by atoms with E-state index in [0.29, 0.717) is 6.54 Å². The fourth-order valence-electron chi connectivity index (χ4n) is 1.54. The Balaban J connectivity index is 2.45. The number of esters is 1. The van der Waals surface area contributed by atoms with Gasteiger partial charge in [-0.2, -0.15) is 0 Å². The van der Waals surface area contributed by atoms with Crippen LogP contribution in [0.3, 0.4) is 0 Å². The molecule has 1 aromatic rings. The summed E-state index contributed by atoms with van der Waals surface area (Å²) in [6.07, 6.45) is 0. The molecular formula is C13H18BrNO2. The van der Waals surface area contributed by atoms with Gasteiger partial charge >= 0.3 is 5.97 Å². The van der Waals surface area contributed by atoms with Crippen LogP contribution in [0.4, 0.5) is 0 Å². The molecule has 3 nitrogen and oxygen atoms in total. The minimum absolute atomic E-state index is 0.251. The van der Waals surface area contributed by atoms with Crippen LogP contribution in [0.1, 0.15) is 16.7 Å². The summed E-state index contributed by atoms with van der Waals surface area (Å²) in [7, 11) is 1.39. The van der Waals surface area contributed by atoms with Gasteiger partial charge in [0.2, 0.25) is 0 Å². The van der Waals surface area contributed by atoms with Crippen molar-refractivity contribution in [3.8, 4) is 0 Å². The molecule has 4 heteroatoms. The molecular weight excluding hydrogens is 282 g/mol. The van der Waals surface area contributed by atoms with Gasteiger partial charge in [0, 0.05) is 13.1 Å². The Morgan fingerprint density at radius 2 is 2.18 bits per heavy atom. The van der Waals surface area contributed by atoms with E-state index >= 15 is 0 Å². The average Bonchev–Trinajstić information content (AvgIpc) is 2.32. The number of rotatable bonds is 5. The molecule has 1 unspecified atom stereocenters. The van der Waals surface area contributed by atoms with Crippen LogP contribution < -0.4 is 5.32 Å². The van der Waals surface area contributed by atoms with Crippen molar-refractivity contribution in [2.45, 2.75) is 25.2 Å². The molecule has 1 N–H and O–H groups in total. The van der Waals surface area contributed by atoms with Gasteiger partial charge in [0.05, 0.1) is 7.11 Å². The fourth-order valence-corrected chi connectivity index (χ4v) is 1.95. The van der Waals surface area contributed by atoms with Crippen molar-refractivity contribution in [2.24, 2.45) is 0 Å². The molecule has 17 heavy (non-hydrogen) atoms. The molecule has 0 fully saturated rings. The van der Waals surface area contributed by atoms with E-state index in [1.54, 1.807) is 0 Å². The highest BCUT2D eigenvalue weighted by atomic mass is 79.9. The number of hydrogen-bond donors (Lipinski definition) is 1. The third-order valence-corrected chi connectivity index (χ3v) is 3.30. The summed E-state index contributed by atoms with van der Waals surface area (Å²) >= 11 is 3.27. The Hall–Kier alpha value is -0.870. The first kappa shape index (κ1) is 14.2. The van der Waals surface area contributed by atoms with E-state index in [1.165, 1.54) is 23.8 Å². The smallest absolute Gasteiger partial charge is 0.320 e. The van der Waals surface area contributed by atoms with Crippen LogP contribution in [0, 0.1) is 13.8 Å². The lowest BCUT2D eigenvalue weighted by atomic mass is 10.1. The first-order valence-electron chi connectivity index (χ1n) is 5.53. The third kappa shape index (κ3) is 4.48. The van der Waals surface area contributed by atoms with E-state index in [9.17, 15) is 4.79 Å². The zero-order valence-electron chi connectivity index (χ0n) is 10.4. The molecule has 0 radical (unpaired) electrons. The second-order valence-corrected chi connectivity index (χ2v) is 5.16. The zero-order chi connectivity index (χ0) is 12.8. The summed E-state index contributed by atoms with van der Waals surface area (Å²) in [6.45, 7) is 5.47. The third-order valence-electron chi connectivity index (χ3n) is 2.60. The second kappa shape index (κ2) is 6.77. The van der Waals surface area contributed by atoms with Crippen LogP contribution in [-0.2, 0) is 16.1 Å². The highest BCUT2D eigenvalue weighted by Gasteiger charge is 2.14. The number of carbonyl (C=O) groups is 1. The Labute approximate surface area is 111 Å². The molecule has 0 spiro atoms. The van der Waals surface area contributed by atoms with Gasteiger partial charge in [-0.1, -0.05) is 39.7 Å². The van der Waals surface area contributed by atoms with E-state index < -0.39 is 0 Å². The first-order chi connectivity index (χ1) is 8.04. The minimum Gasteiger partial charge on any atom is -0.468 e. The van der Waals surface area contributed by atoms with Crippen LogP contribution in [0.5, 0.6) is 0 Å². The molecule has 0 saturated carbocycles. The monoisotopic (exact) mass is 299 g/mol. The van der Waals surface area contributed by atoms with Gasteiger partial charge in [-0.05, 0) is 25.0 Å². The van der Waals surface area contributed by atoms with E-state index in [-0.39, 0.29) is 10.8 Å². The van der Waals surface area contributed by atoms with E-state index in [2.05, 4.69) is 58.0 Å². The maximum Gasteiger partial charge on any atom is 0.320 e. The Bertz CT molecular complexity index is 393. The summed E-state index contributed by atoms with van der Waals surface area (Å²) in [5, 5.41) is 3.24. The van der Waals surface area contributed by atoms with Crippen molar-refractivity contribution < 1.29 is 9.53 Å². The number of alkyl halides is 1. The largest absolute Gasteiger partial charge is 0.468 e. The van der Waals surface area contributed by atoms with Crippen molar-refractivity contribution in [2.75, 3.05) is 13.7 Å². The Morgan fingerprint density at radius 3 is 2.82 bits per heavy atom. The van der Waals surface area contributed by atoms with Gasteiger partial charge in [-0.3, -0.25) is 4.79 Å². The van der Waals surface area contributed by atoms with Crippen LogP contribution >= 0.6 is 15.9 Å². The van der Waals surface area contributed by atoms with Gasteiger partial charge in [0.1, 0.15) is 4.83 Å². The predicted octanol–water partition coefficient (Wildman–Crippen LogP) is 2.33. The summed E-state index contributed by atoms with van der Waals surface area (Å²) < 4.78 is 4.63. The normalized spacial score (nSPS) is 12.2. The molecule has 0 aliphatic heterocycles. The number of hydrogen-bond acceptors (Lipinski definition) is 3. The summed E-state index contributed by atoms with van der Waals surface area (Å²) in [6, 6.07) is 6.36. The number of ether oxygens (including phenoxy) is 1. The van der Waals surface area contributed by atoms with Crippen LogP contribution in [0.25, 0.3) is 0 Å². The van der Waals surface area contributed by atoms with E-state index in [1.807, 2.05) is 0 Å². The van der Waals surface area contributed by atoms with Crippen molar-refractivity contribution in [1.29, 1.82) is 0 Å². The van der Waals surface area contributed by atoms with Crippen LogP contribution in [0.2, 0.25) is 0 Å². The number of methoxy groups -OCH3 is 1. The molecule has 94 valence electrons. The summed E-state index contributed by atoms with van der Waals surface area (Å²) in [4.78, 5) is 10.9. The van der Waals surface area contributed by atoms with E-state index in [0.717, 1.165) is 6.54 Å². The highest BCUT2D eigenvalue weighted by Crippen LogP contribution is 2.10. The lowest BCUT2D eigenvalue weighted by Gasteiger charge is -2.11. The van der Waals surface area contributed by atoms with Crippen LogP contribution in [0.15, 0.2) is 18.2 Å². The predicted molar refractivity (Wildman–Crippen MR) is 72.4 cm³/mol. The maximum absolute atomic E-state index is 11.2. The van der Waals surface area contributed by atoms with Crippen molar-refractivity contribution in [3.05, 3.63) is 34.9 Å². The molecule has 0 saturated heterocycles. The lowest BCUT2D eigenvalue weighted by molar-refractivity contribution is -0.139. The quantitative estimate of drug-likeness (QED) is 0.670. The molecule has 0 bridgehead atoms. The highest BCUT2D eigenvalue weighted by molar-refractivity contribution is 9.10. The van der Waals surface area contributed by atoms with Crippen molar-refractivity contribution >= 4 is 21.9 Å². The van der Waals surface area contributed by atoms with Crippen molar-refractivity contribution in [1.82, 2.24) is 5.32 Å². The van der Waals surface area contributed by atoms with E-state index in [4.69, 9.17) is 0 Å². The van der Waals surface area contributed by atoms with Gasteiger partial charge in [-0.25, -0.2) is 0 Å². The summed E-state index contributed by atoms with van der Waals surface area (Å²) in [5.74, 6) is -0.251. The van der Waals surface area contributed by atoms with Gasteiger partial charge in [-0.15, -0.1) is 0 Å². The molecule has 0 heterocycles. The number of halogens is 1. The number of carbonyl (C=O) groups excluding carboxylic acids is 1. The standard InChI is InChI=1S/C13H18BrNO2/c1-9-4-5-10(2)11(6-9)7-15-8-12(14)13(16)17-3/h4-6,12,15H,7-8H2,1-3H3. The van der Waals surface area contributed by atoms with Gasteiger partial charge in [0.25, 0.3) is 0 Å². The Morgan fingerprint density at radius 1 is 1.47 bits per heavy atom. The summed E-state index contributed by atoms with van der Waals surface area (Å²) in [5.41, 5.74) is 3.76. The SMILES string of the molecule is COC(=O)C(Br)CNCc1cc(C)ccc1C. The molecule has 1 atom stereocenters. The Kier molecular flexibility index (Phi) is 5.65. The zero-order valence-corrected chi connectivity index (χ0v) is 12.0. The molecule has 1 aromatic carbocycles. The maximum atomic E-state index is 11.2. The molecule has 0 amide bonds. The van der Waals surface area contributed by atoms with Crippen LogP contribution in [-0.4, -0.2) is 24.5 Å². The number of aryl methyl sites for hydroxylation is 2. The average molecular weight is 300 g/mol. The fraction of sp³-hybridized carbons (Fsp3) is 0.462. The molecule has 0 aromatic heterocycles. The second-order valence-electron chi connectivity index (χ2n) is 4.05. The van der Waals surface area contributed by atoms with Gasteiger partial charge < -0.3 is 10.1 Å². The first-order valence-corrected chi connectivity index (χ1v) is 6.45.